The van der Waals surface area contributed by atoms with Crippen molar-refractivity contribution in [3.05, 3.63) is 59.4 Å². The fourth-order valence-electron chi connectivity index (χ4n) is 2.83. The molecule has 1 saturated carbocycles. The third-order valence-corrected chi connectivity index (χ3v) is 4.59. The van der Waals surface area contributed by atoms with Crippen LogP contribution in [-0.2, 0) is 19.7 Å². The number of aromatic nitrogens is 1. The van der Waals surface area contributed by atoms with Crippen LogP contribution < -0.4 is 5.32 Å². The standard InChI is InChI=1S/C18H17ClN2O3/c19-16-14(8-4-11-20-16)21-15(22)12-24-17(23)18(9-5-10-18)13-6-2-1-3-7-13/h1-4,6-8,11H,5,9-10,12H2,(H,21,22). The lowest BCUT2D eigenvalue weighted by atomic mass is 9.64. The van der Waals surface area contributed by atoms with Crippen molar-refractivity contribution in [3.8, 4) is 0 Å². The van der Waals surface area contributed by atoms with Crippen molar-refractivity contribution in [1.82, 2.24) is 4.98 Å². The van der Waals surface area contributed by atoms with Crippen LogP contribution in [0.25, 0.3) is 0 Å². The van der Waals surface area contributed by atoms with Crippen LogP contribution in [0.5, 0.6) is 0 Å². The highest BCUT2D eigenvalue weighted by Gasteiger charge is 2.47. The Kier molecular flexibility index (Phi) is 4.81. The Morgan fingerprint density at radius 2 is 1.92 bits per heavy atom. The van der Waals surface area contributed by atoms with Crippen LogP contribution in [0.4, 0.5) is 5.69 Å². The van der Waals surface area contributed by atoms with Crippen molar-refractivity contribution >= 4 is 29.2 Å². The van der Waals surface area contributed by atoms with Gasteiger partial charge in [-0.3, -0.25) is 9.59 Å². The molecule has 0 unspecified atom stereocenters. The van der Waals surface area contributed by atoms with Gasteiger partial charge in [-0.05, 0) is 30.5 Å². The minimum absolute atomic E-state index is 0.192. The Morgan fingerprint density at radius 3 is 2.54 bits per heavy atom. The van der Waals surface area contributed by atoms with Crippen molar-refractivity contribution in [2.24, 2.45) is 0 Å². The number of nitrogens with one attached hydrogen (secondary N) is 1. The molecule has 0 bridgehead atoms. The molecule has 6 heteroatoms. The predicted octanol–water partition coefficient (Wildman–Crippen LogP) is 3.34. The summed E-state index contributed by atoms with van der Waals surface area (Å²) in [5.74, 6) is -0.798. The quantitative estimate of drug-likeness (QED) is 0.667. The molecule has 1 N–H and O–H groups in total. The lowest BCUT2D eigenvalue weighted by Gasteiger charge is -2.39. The Bertz CT molecular complexity index is 745. The van der Waals surface area contributed by atoms with E-state index in [9.17, 15) is 9.59 Å². The molecule has 1 heterocycles. The van der Waals surface area contributed by atoms with Gasteiger partial charge in [0.2, 0.25) is 0 Å². The number of hydrogen-bond donors (Lipinski definition) is 1. The average Bonchev–Trinajstić information content (AvgIpc) is 2.55. The molecule has 0 radical (unpaired) electrons. The first-order chi connectivity index (χ1) is 11.6. The van der Waals surface area contributed by atoms with Crippen LogP contribution in [0, 0.1) is 0 Å². The van der Waals surface area contributed by atoms with Crippen LogP contribution in [-0.4, -0.2) is 23.5 Å². The number of carbonyl (C=O) groups is 2. The molecule has 0 aliphatic heterocycles. The summed E-state index contributed by atoms with van der Waals surface area (Å²) in [6.07, 6.45) is 3.98. The van der Waals surface area contributed by atoms with E-state index in [1.54, 1.807) is 12.1 Å². The molecule has 1 aromatic carbocycles. The first-order valence-corrected chi connectivity index (χ1v) is 8.13. The summed E-state index contributed by atoms with van der Waals surface area (Å²) in [6, 6.07) is 12.9. The molecule has 0 atom stereocenters. The minimum Gasteiger partial charge on any atom is -0.455 e. The maximum absolute atomic E-state index is 12.5. The van der Waals surface area contributed by atoms with E-state index in [1.165, 1.54) is 6.20 Å². The number of rotatable bonds is 5. The highest BCUT2D eigenvalue weighted by Crippen LogP contribution is 2.44. The van der Waals surface area contributed by atoms with E-state index in [1.807, 2.05) is 30.3 Å². The fraction of sp³-hybridized carbons (Fsp3) is 0.278. The van der Waals surface area contributed by atoms with E-state index in [0.717, 1.165) is 24.8 Å². The van der Waals surface area contributed by atoms with E-state index in [4.69, 9.17) is 16.3 Å². The maximum Gasteiger partial charge on any atom is 0.317 e. The molecular formula is C18H17ClN2O3. The molecular weight excluding hydrogens is 328 g/mol. The van der Waals surface area contributed by atoms with Gasteiger partial charge in [0.1, 0.15) is 0 Å². The number of anilines is 1. The Balaban J connectivity index is 1.61. The summed E-state index contributed by atoms with van der Waals surface area (Å²) in [7, 11) is 0. The van der Waals surface area contributed by atoms with Gasteiger partial charge >= 0.3 is 5.97 Å². The minimum atomic E-state index is -0.618. The summed E-state index contributed by atoms with van der Waals surface area (Å²) < 4.78 is 5.26. The molecule has 1 amide bonds. The second kappa shape index (κ2) is 7.01. The summed E-state index contributed by atoms with van der Waals surface area (Å²) in [6.45, 7) is -0.349. The first-order valence-electron chi connectivity index (χ1n) is 7.75. The molecule has 0 saturated heterocycles. The topological polar surface area (TPSA) is 68.3 Å². The highest BCUT2D eigenvalue weighted by molar-refractivity contribution is 6.32. The average molecular weight is 345 g/mol. The number of nitrogens with zero attached hydrogens (tertiary/aromatic N) is 1. The zero-order valence-corrected chi connectivity index (χ0v) is 13.8. The van der Waals surface area contributed by atoms with Crippen LogP contribution in [0.1, 0.15) is 24.8 Å². The Hall–Kier alpha value is -2.40. The van der Waals surface area contributed by atoms with Crippen molar-refractivity contribution < 1.29 is 14.3 Å². The van der Waals surface area contributed by atoms with Gasteiger partial charge in [0.05, 0.1) is 11.1 Å². The molecule has 0 spiro atoms. The molecule has 1 aliphatic carbocycles. The number of carbonyl (C=O) groups excluding carboxylic acids is 2. The number of benzene rings is 1. The van der Waals surface area contributed by atoms with Crippen LogP contribution in [0.2, 0.25) is 5.15 Å². The summed E-state index contributed by atoms with van der Waals surface area (Å²) in [5.41, 5.74) is 0.714. The largest absolute Gasteiger partial charge is 0.455 e. The summed E-state index contributed by atoms with van der Waals surface area (Å²) >= 11 is 5.88. The first kappa shape index (κ1) is 16.5. The lowest BCUT2D eigenvalue weighted by Crippen LogP contribution is -2.44. The van der Waals surface area contributed by atoms with Gasteiger partial charge in [-0.2, -0.15) is 0 Å². The van der Waals surface area contributed by atoms with E-state index in [0.29, 0.717) is 5.69 Å². The van der Waals surface area contributed by atoms with Crippen molar-refractivity contribution in [3.63, 3.8) is 0 Å². The number of amides is 1. The number of esters is 1. The molecule has 1 aromatic heterocycles. The van der Waals surface area contributed by atoms with Crippen molar-refractivity contribution in [1.29, 1.82) is 0 Å². The number of hydrogen-bond acceptors (Lipinski definition) is 4. The molecule has 124 valence electrons. The molecule has 2 aromatic rings. The number of halogens is 1. The SMILES string of the molecule is O=C(COC(=O)C1(c2ccccc2)CCC1)Nc1cccnc1Cl. The fourth-order valence-corrected chi connectivity index (χ4v) is 3.00. The highest BCUT2D eigenvalue weighted by atomic mass is 35.5. The molecule has 24 heavy (non-hydrogen) atoms. The van der Waals surface area contributed by atoms with Gasteiger partial charge in [-0.15, -0.1) is 0 Å². The predicted molar refractivity (Wildman–Crippen MR) is 90.8 cm³/mol. The number of ether oxygens (including phenoxy) is 1. The third kappa shape index (κ3) is 3.26. The monoisotopic (exact) mass is 344 g/mol. The van der Waals surface area contributed by atoms with Gasteiger partial charge in [-0.1, -0.05) is 48.4 Å². The van der Waals surface area contributed by atoms with Crippen LogP contribution >= 0.6 is 11.6 Å². The van der Waals surface area contributed by atoms with Gasteiger partial charge in [-0.25, -0.2) is 4.98 Å². The van der Waals surface area contributed by atoms with Crippen LogP contribution in [0.15, 0.2) is 48.7 Å². The molecule has 1 aliphatic rings. The van der Waals surface area contributed by atoms with Crippen molar-refractivity contribution in [2.45, 2.75) is 24.7 Å². The lowest BCUT2D eigenvalue weighted by molar-refractivity contribution is -0.156. The van der Waals surface area contributed by atoms with Gasteiger partial charge < -0.3 is 10.1 Å². The van der Waals surface area contributed by atoms with Gasteiger partial charge in [0.25, 0.3) is 5.91 Å². The normalized spacial score (nSPS) is 15.2. The maximum atomic E-state index is 12.5. The zero-order chi connectivity index (χ0) is 17.0. The third-order valence-electron chi connectivity index (χ3n) is 4.29. The molecule has 3 rings (SSSR count). The van der Waals surface area contributed by atoms with Crippen molar-refractivity contribution in [2.75, 3.05) is 11.9 Å². The second-order valence-corrected chi connectivity index (χ2v) is 6.13. The van der Waals surface area contributed by atoms with Gasteiger partial charge in [0.15, 0.2) is 11.8 Å². The summed E-state index contributed by atoms with van der Waals surface area (Å²) in [5, 5.41) is 2.77. The summed E-state index contributed by atoms with van der Waals surface area (Å²) in [4.78, 5) is 28.4. The Labute approximate surface area is 145 Å². The molecule has 5 nitrogen and oxygen atoms in total. The van der Waals surface area contributed by atoms with E-state index in [2.05, 4.69) is 10.3 Å². The van der Waals surface area contributed by atoms with E-state index in [-0.39, 0.29) is 17.7 Å². The second-order valence-electron chi connectivity index (χ2n) is 5.77. The van der Waals surface area contributed by atoms with E-state index < -0.39 is 11.3 Å². The Morgan fingerprint density at radius 1 is 1.17 bits per heavy atom. The molecule has 1 fully saturated rings. The zero-order valence-electron chi connectivity index (χ0n) is 13.0. The smallest absolute Gasteiger partial charge is 0.317 e. The number of pyridine rings is 1. The van der Waals surface area contributed by atoms with Gasteiger partial charge in [0, 0.05) is 6.20 Å². The van der Waals surface area contributed by atoms with Crippen LogP contribution in [0.3, 0.4) is 0 Å². The van der Waals surface area contributed by atoms with E-state index >= 15 is 0 Å².